The zero-order valence-corrected chi connectivity index (χ0v) is 13.0. The topological polar surface area (TPSA) is 9.23 Å². The summed E-state index contributed by atoms with van der Waals surface area (Å²) >= 11 is 0. The minimum Gasteiger partial charge on any atom is -0.374 e. The SMILES string of the molecule is C=CC(Cc1ccc(F)cc1)CC(C)OCc1ccccc1. The Balaban J connectivity index is 1.81. The largest absolute Gasteiger partial charge is 0.374 e. The Morgan fingerprint density at radius 1 is 1.05 bits per heavy atom. The Morgan fingerprint density at radius 3 is 2.36 bits per heavy atom. The third-order valence-electron chi connectivity index (χ3n) is 3.76. The van der Waals surface area contributed by atoms with Crippen molar-refractivity contribution in [1.82, 2.24) is 0 Å². The van der Waals surface area contributed by atoms with Crippen LogP contribution in [0.2, 0.25) is 0 Å². The summed E-state index contributed by atoms with van der Waals surface area (Å²) in [5.41, 5.74) is 2.31. The minimum atomic E-state index is -0.196. The van der Waals surface area contributed by atoms with Crippen molar-refractivity contribution >= 4 is 0 Å². The van der Waals surface area contributed by atoms with E-state index in [1.165, 1.54) is 17.7 Å². The highest BCUT2D eigenvalue weighted by atomic mass is 19.1. The van der Waals surface area contributed by atoms with E-state index in [0.29, 0.717) is 12.5 Å². The molecule has 0 aliphatic rings. The first-order chi connectivity index (χ1) is 10.7. The summed E-state index contributed by atoms with van der Waals surface area (Å²) in [6, 6.07) is 16.9. The van der Waals surface area contributed by atoms with E-state index in [9.17, 15) is 4.39 Å². The van der Waals surface area contributed by atoms with E-state index in [1.807, 2.05) is 36.4 Å². The second kappa shape index (κ2) is 8.50. The third kappa shape index (κ3) is 5.45. The number of hydrogen-bond donors (Lipinski definition) is 0. The molecule has 2 unspecified atom stereocenters. The van der Waals surface area contributed by atoms with Gasteiger partial charge in [0.25, 0.3) is 0 Å². The third-order valence-corrected chi connectivity index (χ3v) is 3.76. The van der Waals surface area contributed by atoms with Crippen LogP contribution in [0.3, 0.4) is 0 Å². The molecule has 2 heteroatoms. The van der Waals surface area contributed by atoms with Crippen molar-refractivity contribution in [2.24, 2.45) is 5.92 Å². The van der Waals surface area contributed by atoms with Gasteiger partial charge in [0.2, 0.25) is 0 Å². The smallest absolute Gasteiger partial charge is 0.123 e. The molecule has 0 aliphatic carbocycles. The second-order valence-corrected chi connectivity index (χ2v) is 5.67. The first kappa shape index (κ1) is 16.4. The fourth-order valence-electron chi connectivity index (χ4n) is 2.49. The summed E-state index contributed by atoms with van der Waals surface area (Å²) in [5, 5.41) is 0. The van der Waals surface area contributed by atoms with E-state index in [-0.39, 0.29) is 11.9 Å². The van der Waals surface area contributed by atoms with Crippen LogP contribution >= 0.6 is 0 Å². The monoisotopic (exact) mass is 298 g/mol. The molecule has 2 aromatic carbocycles. The summed E-state index contributed by atoms with van der Waals surface area (Å²) in [5.74, 6) is 0.134. The molecule has 0 radical (unpaired) electrons. The Kier molecular flexibility index (Phi) is 6.35. The van der Waals surface area contributed by atoms with E-state index in [4.69, 9.17) is 4.74 Å². The molecule has 1 nitrogen and oxygen atoms in total. The Hall–Kier alpha value is -1.93. The van der Waals surface area contributed by atoms with Crippen LogP contribution < -0.4 is 0 Å². The van der Waals surface area contributed by atoms with Gasteiger partial charge in [0.1, 0.15) is 5.82 Å². The van der Waals surface area contributed by atoms with Crippen LogP contribution in [-0.4, -0.2) is 6.10 Å². The van der Waals surface area contributed by atoms with Crippen molar-refractivity contribution < 1.29 is 9.13 Å². The van der Waals surface area contributed by atoms with Gasteiger partial charge in [-0.2, -0.15) is 0 Å². The molecule has 2 atom stereocenters. The van der Waals surface area contributed by atoms with Crippen molar-refractivity contribution in [2.45, 2.75) is 32.5 Å². The molecular formula is C20H23FO. The lowest BCUT2D eigenvalue weighted by Gasteiger charge is -2.19. The molecule has 0 saturated heterocycles. The zero-order valence-electron chi connectivity index (χ0n) is 13.0. The molecule has 0 fully saturated rings. The zero-order chi connectivity index (χ0) is 15.8. The Labute approximate surface area is 132 Å². The first-order valence-corrected chi connectivity index (χ1v) is 7.70. The fraction of sp³-hybridized carbons (Fsp3) is 0.300. The lowest BCUT2D eigenvalue weighted by Crippen LogP contribution is -2.14. The first-order valence-electron chi connectivity index (χ1n) is 7.70. The van der Waals surface area contributed by atoms with Gasteiger partial charge >= 0.3 is 0 Å². The summed E-state index contributed by atoms with van der Waals surface area (Å²) in [4.78, 5) is 0. The lowest BCUT2D eigenvalue weighted by molar-refractivity contribution is 0.0405. The van der Waals surface area contributed by atoms with E-state index in [2.05, 4.69) is 25.6 Å². The van der Waals surface area contributed by atoms with Crippen LogP contribution in [0.1, 0.15) is 24.5 Å². The molecule has 0 amide bonds. The Bertz CT molecular complexity index is 562. The van der Waals surface area contributed by atoms with Crippen LogP contribution in [0.25, 0.3) is 0 Å². The van der Waals surface area contributed by atoms with Gasteiger partial charge < -0.3 is 4.74 Å². The molecule has 0 heterocycles. The molecule has 0 spiro atoms. The van der Waals surface area contributed by atoms with Crippen LogP contribution in [-0.2, 0) is 17.8 Å². The standard InChI is InChI=1S/C20H23FO/c1-3-17(14-18-9-11-20(21)12-10-18)13-16(2)22-15-19-7-5-4-6-8-19/h3-12,16-17H,1,13-15H2,2H3. The molecule has 0 aliphatic heterocycles. The van der Waals surface area contributed by atoms with Crippen molar-refractivity contribution in [3.05, 3.63) is 84.2 Å². The number of rotatable bonds is 8. The van der Waals surface area contributed by atoms with E-state index in [0.717, 1.165) is 18.4 Å². The maximum Gasteiger partial charge on any atom is 0.123 e. The average Bonchev–Trinajstić information content (AvgIpc) is 2.55. The Morgan fingerprint density at radius 2 is 1.73 bits per heavy atom. The van der Waals surface area contributed by atoms with E-state index >= 15 is 0 Å². The van der Waals surface area contributed by atoms with Gasteiger partial charge in [-0.05, 0) is 48.9 Å². The van der Waals surface area contributed by atoms with Crippen molar-refractivity contribution in [3.8, 4) is 0 Å². The van der Waals surface area contributed by atoms with Crippen LogP contribution in [0.15, 0.2) is 67.3 Å². The molecular weight excluding hydrogens is 275 g/mol. The summed E-state index contributed by atoms with van der Waals surface area (Å²) in [6.07, 6.45) is 3.89. The molecule has 0 saturated carbocycles. The number of benzene rings is 2. The number of allylic oxidation sites excluding steroid dienone is 1. The van der Waals surface area contributed by atoms with Crippen LogP contribution in [0.4, 0.5) is 4.39 Å². The van der Waals surface area contributed by atoms with Crippen LogP contribution in [0.5, 0.6) is 0 Å². The normalized spacial score (nSPS) is 13.5. The molecule has 22 heavy (non-hydrogen) atoms. The predicted octanol–water partition coefficient (Wildman–Crippen LogP) is 5.17. The van der Waals surface area contributed by atoms with Crippen molar-refractivity contribution in [1.29, 1.82) is 0 Å². The van der Waals surface area contributed by atoms with Crippen LogP contribution in [0, 0.1) is 11.7 Å². The quantitative estimate of drug-likeness (QED) is 0.611. The maximum atomic E-state index is 12.9. The van der Waals surface area contributed by atoms with Gasteiger partial charge in [0.05, 0.1) is 12.7 Å². The number of halogens is 1. The highest BCUT2D eigenvalue weighted by Crippen LogP contribution is 2.18. The highest BCUT2D eigenvalue weighted by molar-refractivity contribution is 5.17. The molecule has 0 bridgehead atoms. The summed E-state index contributed by atoms with van der Waals surface area (Å²) in [6.45, 7) is 6.63. The van der Waals surface area contributed by atoms with E-state index in [1.54, 1.807) is 0 Å². The van der Waals surface area contributed by atoms with Gasteiger partial charge in [0.15, 0.2) is 0 Å². The number of hydrogen-bond acceptors (Lipinski definition) is 1. The van der Waals surface area contributed by atoms with Crippen molar-refractivity contribution in [3.63, 3.8) is 0 Å². The predicted molar refractivity (Wildman–Crippen MR) is 89.1 cm³/mol. The molecule has 0 aromatic heterocycles. The van der Waals surface area contributed by atoms with Gasteiger partial charge in [-0.1, -0.05) is 48.5 Å². The summed E-state index contributed by atoms with van der Waals surface area (Å²) in [7, 11) is 0. The molecule has 0 N–H and O–H groups in total. The van der Waals surface area contributed by atoms with Gasteiger partial charge in [-0.3, -0.25) is 0 Å². The van der Waals surface area contributed by atoms with Crippen molar-refractivity contribution in [2.75, 3.05) is 0 Å². The van der Waals surface area contributed by atoms with Gasteiger partial charge in [-0.15, -0.1) is 6.58 Å². The summed E-state index contributed by atoms with van der Waals surface area (Å²) < 4.78 is 18.8. The molecule has 2 rings (SSSR count). The number of ether oxygens (including phenoxy) is 1. The van der Waals surface area contributed by atoms with E-state index < -0.39 is 0 Å². The second-order valence-electron chi connectivity index (χ2n) is 5.67. The molecule has 2 aromatic rings. The highest BCUT2D eigenvalue weighted by Gasteiger charge is 2.12. The van der Waals surface area contributed by atoms with Gasteiger partial charge in [-0.25, -0.2) is 4.39 Å². The molecule has 116 valence electrons. The fourth-order valence-corrected chi connectivity index (χ4v) is 2.49. The average molecular weight is 298 g/mol. The lowest BCUT2D eigenvalue weighted by atomic mass is 9.94. The van der Waals surface area contributed by atoms with Gasteiger partial charge in [0, 0.05) is 0 Å². The minimum absolute atomic E-state index is 0.156. The maximum absolute atomic E-state index is 12.9.